The maximum Gasteiger partial charge on any atom is 0.0258 e. The average molecular weight is 139 g/mol. The number of nitrogens with zero attached hydrogens (tertiary/aromatic N) is 3. The molecule has 0 aliphatic heterocycles. The molecule has 10 heavy (non-hydrogen) atoms. The minimum Gasteiger partial charge on any atom is -0.100 e. The molecule has 0 heterocycles. The third-order valence-corrected chi connectivity index (χ3v) is 1.17. The molecule has 0 unspecified atom stereocenters. The van der Waals surface area contributed by atoms with Gasteiger partial charge in [-0.05, 0) is 31.7 Å². The normalized spacial score (nSPS) is 8.50. The Labute approximate surface area is 61.4 Å². The van der Waals surface area contributed by atoms with Crippen molar-refractivity contribution in [2.75, 3.05) is 6.54 Å². The first kappa shape index (κ1) is 9.05. The van der Waals surface area contributed by atoms with Crippen LogP contribution in [0, 0.1) is 0 Å². The maximum atomic E-state index is 7.92. The van der Waals surface area contributed by atoms with Gasteiger partial charge in [-0.15, -0.1) is 6.58 Å². The van der Waals surface area contributed by atoms with Gasteiger partial charge in [0.1, 0.15) is 0 Å². The van der Waals surface area contributed by atoms with Gasteiger partial charge >= 0.3 is 0 Å². The molecule has 3 heteroatoms. The van der Waals surface area contributed by atoms with E-state index in [1.54, 1.807) is 0 Å². The zero-order valence-electron chi connectivity index (χ0n) is 6.38. The third kappa shape index (κ3) is 7.05. The van der Waals surface area contributed by atoms with E-state index in [1.165, 1.54) is 5.57 Å². The van der Waals surface area contributed by atoms with Gasteiger partial charge < -0.3 is 0 Å². The molecule has 0 saturated carbocycles. The second-order valence-electron chi connectivity index (χ2n) is 2.37. The van der Waals surface area contributed by atoms with E-state index in [0.29, 0.717) is 6.54 Å². The number of hydrogen-bond donors (Lipinski definition) is 0. The van der Waals surface area contributed by atoms with Crippen LogP contribution in [0.1, 0.15) is 26.2 Å². The van der Waals surface area contributed by atoms with Gasteiger partial charge in [-0.25, -0.2) is 0 Å². The third-order valence-electron chi connectivity index (χ3n) is 1.17. The zero-order chi connectivity index (χ0) is 7.82. The van der Waals surface area contributed by atoms with Crippen molar-refractivity contribution < 1.29 is 0 Å². The minimum atomic E-state index is 0.615. The SMILES string of the molecule is C=C(C)CCCCN=[N+]=[N-]. The van der Waals surface area contributed by atoms with E-state index in [9.17, 15) is 0 Å². The van der Waals surface area contributed by atoms with Gasteiger partial charge in [0.15, 0.2) is 0 Å². The highest BCUT2D eigenvalue weighted by Gasteiger charge is 1.86. The van der Waals surface area contributed by atoms with Crippen LogP contribution in [0.5, 0.6) is 0 Å². The highest BCUT2D eigenvalue weighted by atomic mass is 15.1. The van der Waals surface area contributed by atoms with Crippen molar-refractivity contribution >= 4 is 0 Å². The van der Waals surface area contributed by atoms with E-state index in [2.05, 4.69) is 16.6 Å². The van der Waals surface area contributed by atoms with E-state index in [4.69, 9.17) is 5.53 Å². The van der Waals surface area contributed by atoms with E-state index < -0.39 is 0 Å². The predicted molar refractivity (Wildman–Crippen MR) is 42.7 cm³/mol. The Balaban J connectivity index is 3.05. The Morgan fingerprint density at radius 3 is 2.80 bits per heavy atom. The van der Waals surface area contributed by atoms with Crippen molar-refractivity contribution in [2.45, 2.75) is 26.2 Å². The standard InChI is InChI=1S/C7H13N3/c1-7(2)5-3-4-6-9-10-8/h1,3-6H2,2H3. The summed E-state index contributed by atoms with van der Waals surface area (Å²) in [5.41, 5.74) is 9.11. The lowest BCUT2D eigenvalue weighted by Gasteiger charge is -1.94. The molecule has 0 N–H and O–H groups in total. The summed E-state index contributed by atoms with van der Waals surface area (Å²) < 4.78 is 0. The molecule has 0 aliphatic carbocycles. The molecular formula is C7H13N3. The van der Waals surface area contributed by atoms with Gasteiger partial charge in [-0.3, -0.25) is 0 Å². The summed E-state index contributed by atoms with van der Waals surface area (Å²) in [5, 5.41) is 3.42. The fraction of sp³-hybridized carbons (Fsp3) is 0.714. The molecule has 0 amide bonds. The van der Waals surface area contributed by atoms with E-state index in [0.717, 1.165) is 19.3 Å². The molecule has 3 nitrogen and oxygen atoms in total. The Hall–Kier alpha value is -0.950. The van der Waals surface area contributed by atoms with Gasteiger partial charge in [0.05, 0.1) is 0 Å². The van der Waals surface area contributed by atoms with E-state index >= 15 is 0 Å². The second-order valence-corrected chi connectivity index (χ2v) is 2.37. The first-order chi connectivity index (χ1) is 4.77. The Kier molecular flexibility index (Phi) is 5.59. The Morgan fingerprint density at radius 2 is 2.30 bits per heavy atom. The summed E-state index contributed by atoms with van der Waals surface area (Å²) in [4.78, 5) is 2.65. The molecule has 0 aliphatic rings. The average Bonchev–Trinajstić information content (AvgIpc) is 1.87. The highest BCUT2D eigenvalue weighted by Crippen LogP contribution is 2.03. The molecule has 0 aromatic rings. The molecule has 56 valence electrons. The monoisotopic (exact) mass is 139 g/mol. The first-order valence-corrected chi connectivity index (χ1v) is 3.42. The van der Waals surface area contributed by atoms with Crippen molar-refractivity contribution in [3.8, 4) is 0 Å². The molecular weight excluding hydrogens is 126 g/mol. The summed E-state index contributed by atoms with van der Waals surface area (Å²) >= 11 is 0. The van der Waals surface area contributed by atoms with Gasteiger partial charge in [0, 0.05) is 11.5 Å². The van der Waals surface area contributed by atoms with Gasteiger partial charge in [-0.1, -0.05) is 10.7 Å². The van der Waals surface area contributed by atoms with Crippen LogP contribution < -0.4 is 0 Å². The van der Waals surface area contributed by atoms with Crippen LogP contribution in [-0.2, 0) is 0 Å². The van der Waals surface area contributed by atoms with Crippen LogP contribution in [0.4, 0.5) is 0 Å². The fourth-order valence-electron chi connectivity index (χ4n) is 0.654. The van der Waals surface area contributed by atoms with Crippen molar-refractivity contribution in [3.63, 3.8) is 0 Å². The number of rotatable bonds is 5. The fourth-order valence-corrected chi connectivity index (χ4v) is 0.654. The summed E-state index contributed by atoms with van der Waals surface area (Å²) in [6.07, 6.45) is 3.09. The lowest BCUT2D eigenvalue weighted by Crippen LogP contribution is -1.80. The molecule has 0 aromatic heterocycles. The molecule has 0 bridgehead atoms. The molecule has 0 fully saturated rings. The van der Waals surface area contributed by atoms with Gasteiger partial charge in [0.25, 0.3) is 0 Å². The summed E-state index contributed by atoms with van der Waals surface area (Å²) in [7, 11) is 0. The van der Waals surface area contributed by atoms with Crippen LogP contribution in [-0.4, -0.2) is 6.54 Å². The molecule has 0 rings (SSSR count). The number of hydrogen-bond acceptors (Lipinski definition) is 1. The second kappa shape index (κ2) is 6.17. The van der Waals surface area contributed by atoms with Crippen LogP contribution >= 0.6 is 0 Å². The van der Waals surface area contributed by atoms with Crippen LogP contribution in [0.2, 0.25) is 0 Å². The van der Waals surface area contributed by atoms with Gasteiger partial charge in [-0.2, -0.15) is 0 Å². The highest BCUT2D eigenvalue weighted by molar-refractivity contribution is 4.87. The van der Waals surface area contributed by atoms with Gasteiger partial charge in [0.2, 0.25) is 0 Å². The summed E-state index contributed by atoms with van der Waals surface area (Å²) in [6, 6.07) is 0. The lowest BCUT2D eigenvalue weighted by molar-refractivity contribution is 0.738. The zero-order valence-corrected chi connectivity index (χ0v) is 6.38. The smallest absolute Gasteiger partial charge is 0.0258 e. The number of azide groups is 1. The van der Waals surface area contributed by atoms with Crippen LogP contribution in [0.25, 0.3) is 10.4 Å². The molecule has 0 aromatic carbocycles. The topological polar surface area (TPSA) is 48.8 Å². The molecule has 0 atom stereocenters. The molecule has 0 saturated heterocycles. The van der Waals surface area contributed by atoms with Crippen LogP contribution in [0.15, 0.2) is 17.3 Å². The Bertz CT molecular complexity index is 141. The quantitative estimate of drug-likeness (QED) is 0.185. The van der Waals surface area contributed by atoms with Crippen molar-refractivity contribution in [1.29, 1.82) is 0 Å². The van der Waals surface area contributed by atoms with Crippen LogP contribution in [0.3, 0.4) is 0 Å². The lowest BCUT2D eigenvalue weighted by atomic mass is 10.1. The summed E-state index contributed by atoms with van der Waals surface area (Å²) in [5.74, 6) is 0. The predicted octanol–water partition coefficient (Wildman–Crippen LogP) is 3.04. The maximum absolute atomic E-state index is 7.92. The van der Waals surface area contributed by atoms with Crippen molar-refractivity contribution in [1.82, 2.24) is 0 Å². The number of unbranched alkanes of at least 4 members (excludes halogenated alkanes) is 1. The minimum absolute atomic E-state index is 0.615. The van der Waals surface area contributed by atoms with E-state index in [-0.39, 0.29) is 0 Å². The van der Waals surface area contributed by atoms with Crippen molar-refractivity contribution in [2.24, 2.45) is 5.11 Å². The number of allylic oxidation sites excluding steroid dienone is 1. The van der Waals surface area contributed by atoms with Crippen molar-refractivity contribution in [3.05, 3.63) is 22.6 Å². The molecule has 0 radical (unpaired) electrons. The first-order valence-electron chi connectivity index (χ1n) is 3.42. The summed E-state index contributed by atoms with van der Waals surface area (Å²) in [6.45, 7) is 6.39. The largest absolute Gasteiger partial charge is 0.100 e. The van der Waals surface area contributed by atoms with E-state index in [1.807, 2.05) is 6.92 Å². The molecule has 0 spiro atoms. The Morgan fingerprint density at radius 1 is 1.60 bits per heavy atom.